The van der Waals surface area contributed by atoms with E-state index in [1.165, 1.54) is 0 Å². The third-order valence-corrected chi connectivity index (χ3v) is 5.42. The highest BCUT2D eigenvalue weighted by Gasteiger charge is 2.41. The molecule has 0 radical (unpaired) electrons. The van der Waals surface area contributed by atoms with Crippen LogP contribution in [0.25, 0.3) is 0 Å². The summed E-state index contributed by atoms with van der Waals surface area (Å²) in [5.74, 6) is -0.407. The van der Waals surface area contributed by atoms with Gasteiger partial charge in [0.15, 0.2) is 0 Å². The molecule has 0 bridgehead atoms. The van der Waals surface area contributed by atoms with Crippen LogP contribution in [0.3, 0.4) is 0 Å². The van der Waals surface area contributed by atoms with E-state index in [-0.39, 0.29) is 36.6 Å². The molecule has 1 heterocycles. The van der Waals surface area contributed by atoms with Crippen molar-refractivity contribution in [3.63, 3.8) is 0 Å². The molecule has 27 heavy (non-hydrogen) atoms. The van der Waals surface area contributed by atoms with Crippen molar-refractivity contribution in [3.05, 3.63) is 70.2 Å². The normalized spacial score (nSPS) is 19.5. The van der Waals surface area contributed by atoms with Crippen LogP contribution in [0.2, 0.25) is 5.02 Å². The fraction of sp³-hybridized carbons (Fsp3) is 0.364. The molecule has 1 aliphatic rings. The number of β-amino-alcohol motifs (C(OH)–C–C–N with tert-alkyl or cyclic N) is 1. The van der Waals surface area contributed by atoms with Crippen LogP contribution in [-0.4, -0.2) is 41.4 Å². The highest BCUT2D eigenvalue weighted by Crippen LogP contribution is 2.36. The van der Waals surface area contributed by atoms with E-state index in [1.54, 1.807) is 17.0 Å². The smallest absolute Gasteiger partial charge is 0.226 e. The van der Waals surface area contributed by atoms with Gasteiger partial charge in [-0.2, -0.15) is 0 Å². The predicted octanol–water partition coefficient (Wildman–Crippen LogP) is 3.38. The van der Waals surface area contributed by atoms with E-state index in [4.69, 9.17) is 11.6 Å². The second-order valence-electron chi connectivity index (χ2n) is 7.18. The Labute approximate surface area is 164 Å². The van der Waals surface area contributed by atoms with Gasteiger partial charge >= 0.3 is 0 Å². The fourth-order valence-corrected chi connectivity index (χ4v) is 3.84. The number of aliphatic hydroxyl groups is 1. The quantitative estimate of drug-likeness (QED) is 0.794. The number of benzene rings is 2. The molecule has 1 fully saturated rings. The van der Waals surface area contributed by atoms with Crippen molar-refractivity contribution in [3.8, 4) is 0 Å². The van der Waals surface area contributed by atoms with Gasteiger partial charge in [0.1, 0.15) is 5.78 Å². The third kappa shape index (κ3) is 4.76. The van der Waals surface area contributed by atoms with Crippen LogP contribution in [0.5, 0.6) is 0 Å². The fourth-order valence-electron chi connectivity index (χ4n) is 3.71. The summed E-state index contributed by atoms with van der Waals surface area (Å²) in [7, 11) is 0. The van der Waals surface area contributed by atoms with E-state index in [0.717, 1.165) is 16.7 Å². The Morgan fingerprint density at radius 2 is 1.81 bits per heavy atom. The Morgan fingerprint density at radius 3 is 2.44 bits per heavy atom. The van der Waals surface area contributed by atoms with Crippen LogP contribution in [-0.2, 0) is 16.0 Å². The van der Waals surface area contributed by atoms with Crippen molar-refractivity contribution in [1.82, 2.24) is 4.90 Å². The first-order valence-electron chi connectivity index (χ1n) is 9.20. The van der Waals surface area contributed by atoms with Crippen molar-refractivity contribution in [2.75, 3.05) is 19.7 Å². The molecule has 4 nitrogen and oxygen atoms in total. The Morgan fingerprint density at radius 1 is 1.15 bits per heavy atom. The minimum absolute atomic E-state index is 0.0289. The number of amides is 1. The molecule has 0 spiro atoms. The number of carbonyl (C=O) groups is 2. The molecule has 0 aliphatic carbocycles. The summed E-state index contributed by atoms with van der Waals surface area (Å²) < 4.78 is 0. The number of hydrogen-bond donors (Lipinski definition) is 1. The number of ketones is 1. The molecule has 0 aromatic heterocycles. The van der Waals surface area contributed by atoms with E-state index in [2.05, 4.69) is 0 Å². The monoisotopic (exact) mass is 385 g/mol. The summed E-state index contributed by atoms with van der Waals surface area (Å²) >= 11 is 5.89. The molecule has 1 unspecified atom stereocenters. The second-order valence-corrected chi connectivity index (χ2v) is 7.61. The van der Waals surface area contributed by atoms with E-state index in [0.29, 0.717) is 24.5 Å². The maximum atomic E-state index is 12.8. The standard InChI is InChI=1S/C22H24ClNO3/c1-15-2-6-17(7-3-15)21-14-24(10-11-25)22(27)20(21)13-19(26)12-16-4-8-18(23)9-5-16/h2-9,20-21,25H,10-14H2,1H3/t20?,21-/m0/s1. The van der Waals surface area contributed by atoms with Gasteiger partial charge in [-0.25, -0.2) is 0 Å². The minimum atomic E-state index is -0.376. The molecule has 2 aromatic carbocycles. The van der Waals surface area contributed by atoms with Gasteiger partial charge in [-0.05, 0) is 30.2 Å². The Balaban J connectivity index is 1.76. The van der Waals surface area contributed by atoms with Crippen LogP contribution in [0.15, 0.2) is 48.5 Å². The number of rotatable bonds is 7. The molecule has 2 atom stereocenters. The lowest BCUT2D eigenvalue weighted by molar-refractivity contribution is -0.134. The molecule has 1 amide bonds. The molecule has 5 heteroatoms. The van der Waals surface area contributed by atoms with Crippen LogP contribution in [0, 0.1) is 12.8 Å². The largest absolute Gasteiger partial charge is 0.395 e. The minimum Gasteiger partial charge on any atom is -0.395 e. The maximum Gasteiger partial charge on any atom is 0.226 e. The number of carbonyl (C=O) groups excluding carboxylic acids is 2. The number of hydrogen-bond acceptors (Lipinski definition) is 3. The van der Waals surface area contributed by atoms with Gasteiger partial charge in [0, 0.05) is 36.9 Å². The third-order valence-electron chi connectivity index (χ3n) is 5.17. The van der Waals surface area contributed by atoms with Crippen molar-refractivity contribution in [2.45, 2.75) is 25.7 Å². The topological polar surface area (TPSA) is 57.6 Å². The summed E-state index contributed by atoms with van der Waals surface area (Å²) in [6, 6.07) is 15.3. The van der Waals surface area contributed by atoms with Crippen LogP contribution < -0.4 is 0 Å². The van der Waals surface area contributed by atoms with Gasteiger partial charge in [-0.15, -0.1) is 0 Å². The zero-order valence-corrected chi connectivity index (χ0v) is 16.2. The first-order valence-corrected chi connectivity index (χ1v) is 9.58. The average Bonchev–Trinajstić information content (AvgIpc) is 2.94. The van der Waals surface area contributed by atoms with E-state index >= 15 is 0 Å². The lowest BCUT2D eigenvalue weighted by atomic mass is 9.84. The van der Waals surface area contributed by atoms with Gasteiger partial charge < -0.3 is 10.0 Å². The molecule has 3 rings (SSSR count). The summed E-state index contributed by atoms with van der Waals surface area (Å²) in [5.41, 5.74) is 3.12. The molecular weight excluding hydrogens is 362 g/mol. The maximum absolute atomic E-state index is 12.8. The van der Waals surface area contributed by atoms with Crippen molar-refractivity contribution >= 4 is 23.3 Å². The first-order chi connectivity index (χ1) is 13.0. The molecule has 1 N–H and O–H groups in total. The van der Waals surface area contributed by atoms with Crippen LogP contribution >= 0.6 is 11.6 Å². The number of Topliss-reactive ketones (excluding diaryl/α,β-unsaturated/α-hetero) is 1. The summed E-state index contributed by atoms with van der Waals surface area (Å²) in [4.78, 5) is 27.1. The van der Waals surface area contributed by atoms with Gasteiger partial charge in [-0.3, -0.25) is 9.59 Å². The van der Waals surface area contributed by atoms with Gasteiger partial charge in [0.2, 0.25) is 5.91 Å². The highest BCUT2D eigenvalue weighted by atomic mass is 35.5. The van der Waals surface area contributed by atoms with Crippen LogP contribution in [0.1, 0.15) is 29.0 Å². The summed E-state index contributed by atoms with van der Waals surface area (Å²) in [5, 5.41) is 9.89. The molecular formula is C22H24ClNO3. The zero-order valence-electron chi connectivity index (χ0n) is 15.4. The molecule has 1 aliphatic heterocycles. The summed E-state index contributed by atoms with van der Waals surface area (Å²) in [6.07, 6.45) is 0.503. The van der Waals surface area contributed by atoms with Crippen molar-refractivity contribution < 1.29 is 14.7 Å². The van der Waals surface area contributed by atoms with Crippen molar-refractivity contribution in [2.24, 2.45) is 5.92 Å². The lowest BCUT2D eigenvalue weighted by Gasteiger charge is -2.17. The molecule has 142 valence electrons. The number of halogens is 1. The zero-order chi connectivity index (χ0) is 19.4. The highest BCUT2D eigenvalue weighted by molar-refractivity contribution is 6.30. The van der Waals surface area contributed by atoms with Crippen molar-refractivity contribution in [1.29, 1.82) is 0 Å². The Kier molecular flexibility index (Phi) is 6.30. The average molecular weight is 386 g/mol. The number of nitrogens with zero attached hydrogens (tertiary/aromatic N) is 1. The second kappa shape index (κ2) is 8.68. The summed E-state index contributed by atoms with van der Waals surface area (Å²) in [6.45, 7) is 2.80. The van der Waals surface area contributed by atoms with Gasteiger partial charge in [0.05, 0.1) is 12.5 Å². The molecule has 1 saturated heterocycles. The van der Waals surface area contributed by atoms with Gasteiger partial charge in [0.25, 0.3) is 0 Å². The van der Waals surface area contributed by atoms with Crippen LogP contribution in [0.4, 0.5) is 0 Å². The SMILES string of the molecule is Cc1ccc([C@@H]2CN(CCO)C(=O)C2CC(=O)Cc2ccc(Cl)cc2)cc1. The molecule has 2 aromatic rings. The van der Waals surface area contributed by atoms with E-state index in [9.17, 15) is 14.7 Å². The van der Waals surface area contributed by atoms with E-state index < -0.39 is 0 Å². The number of aryl methyl sites for hydroxylation is 1. The predicted molar refractivity (Wildman–Crippen MR) is 106 cm³/mol. The Bertz CT molecular complexity index is 801. The Hall–Kier alpha value is -2.17. The molecule has 0 saturated carbocycles. The van der Waals surface area contributed by atoms with E-state index in [1.807, 2.05) is 43.3 Å². The number of aliphatic hydroxyl groups excluding tert-OH is 1. The van der Waals surface area contributed by atoms with Gasteiger partial charge in [-0.1, -0.05) is 53.6 Å². The number of likely N-dealkylation sites (tertiary alicyclic amines) is 1. The first kappa shape index (κ1) is 19.6. The lowest BCUT2D eigenvalue weighted by Crippen LogP contribution is -2.30.